The Labute approximate surface area is 405 Å². The van der Waals surface area contributed by atoms with Crippen molar-refractivity contribution in [2.45, 2.75) is 286 Å². The van der Waals surface area contributed by atoms with Crippen molar-refractivity contribution >= 4 is 5.91 Å². The number of nitrogens with one attached hydrogen (secondary N) is 1. The smallest absolute Gasteiger partial charge is 0.220 e. The predicted octanol–water partition coefficient (Wildman–Crippen LogP) is 7.72. The second-order valence-electron chi connectivity index (χ2n) is 19.4. The van der Waals surface area contributed by atoms with E-state index in [-0.39, 0.29) is 18.9 Å². The fraction of sp³-hybridized carbons (Fsp3) is 0.906. The van der Waals surface area contributed by atoms with Crippen LogP contribution < -0.4 is 5.32 Å². The van der Waals surface area contributed by atoms with Crippen LogP contribution in [0.25, 0.3) is 0 Å². The molecule has 0 aliphatic carbocycles. The Morgan fingerprint density at radius 3 is 1.54 bits per heavy atom. The van der Waals surface area contributed by atoms with Crippen LogP contribution in [0.3, 0.4) is 0 Å². The summed E-state index contributed by atoms with van der Waals surface area (Å²) in [5, 5.41) is 87.0. The first-order valence-corrected chi connectivity index (χ1v) is 27.1. The van der Waals surface area contributed by atoms with Crippen molar-refractivity contribution in [1.29, 1.82) is 0 Å². The van der Waals surface area contributed by atoms with Gasteiger partial charge in [-0.3, -0.25) is 4.79 Å². The van der Waals surface area contributed by atoms with Crippen molar-refractivity contribution in [2.24, 2.45) is 0 Å². The first kappa shape index (κ1) is 61.6. The van der Waals surface area contributed by atoms with E-state index in [0.717, 1.165) is 70.6 Å². The lowest BCUT2D eigenvalue weighted by molar-refractivity contribution is -0.359. The minimum atomic E-state index is -1.78. The van der Waals surface area contributed by atoms with E-state index < -0.39 is 86.8 Å². The number of ether oxygens (including phenoxy) is 4. The number of carbonyl (C=O) groups is 1. The molecule has 2 saturated heterocycles. The highest BCUT2D eigenvalue weighted by Crippen LogP contribution is 2.30. The summed E-state index contributed by atoms with van der Waals surface area (Å²) >= 11 is 0. The van der Waals surface area contributed by atoms with Crippen molar-refractivity contribution < 1.29 is 64.6 Å². The van der Waals surface area contributed by atoms with E-state index in [0.29, 0.717) is 12.8 Å². The van der Waals surface area contributed by atoms with Gasteiger partial charge in [-0.05, 0) is 38.5 Å². The summed E-state index contributed by atoms with van der Waals surface area (Å²) in [7, 11) is 0. The molecule has 394 valence electrons. The summed E-state index contributed by atoms with van der Waals surface area (Å²) in [6, 6.07) is -0.833. The zero-order chi connectivity index (χ0) is 48.9. The number of aliphatic hydroxyl groups is 8. The van der Waals surface area contributed by atoms with Gasteiger partial charge in [0, 0.05) is 6.42 Å². The minimum absolute atomic E-state index is 0.220. The molecule has 12 unspecified atom stereocenters. The number of aliphatic hydroxyl groups excluding tert-OH is 8. The molecular weight excluding hydrogens is 859 g/mol. The largest absolute Gasteiger partial charge is 0.394 e. The second kappa shape index (κ2) is 40.1. The number of rotatable bonds is 42. The fourth-order valence-electron chi connectivity index (χ4n) is 8.96. The van der Waals surface area contributed by atoms with Gasteiger partial charge in [0.2, 0.25) is 5.91 Å². The molecule has 2 heterocycles. The van der Waals surface area contributed by atoms with Crippen LogP contribution in [-0.4, -0.2) is 140 Å². The number of hydrogen-bond donors (Lipinski definition) is 9. The Balaban J connectivity index is 1.80. The van der Waals surface area contributed by atoms with E-state index in [1.54, 1.807) is 0 Å². The highest BCUT2D eigenvalue weighted by Gasteiger charge is 2.51. The molecule has 2 aliphatic heterocycles. The van der Waals surface area contributed by atoms with Crippen molar-refractivity contribution in [1.82, 2.24) is 5.32 Å². The van der Waals surface area contributed by atoms with E-state index >= 15 is 0 Å². The van der Waals surface area contributed by atoms with Crippen LogP contribution in [0.1, 0.15) is 213 Å². The van der Waals surface area contributed by atoms with Gasteiger partial charge < -0.3 is 65.1 Å². The van der Waals surface area contributed by atoms with E-state index in [9.17, 15) is 45.6 Å². The van der Waals surface area contributed by atoms with Crippen molar-refractivity contribution in [3.63, 3.8) is 0 Å². The molecular formula is C53H99NO13. The summed E-state index contributed by atoms with van der Waals surface area (Å²) in [4.78, 5) is 13.2. The summed E-state index contributed by atoms with van der Waals surface area (Å²) in [6.07, 6.45) is 27.4. The molecule has 14 heteroatoms. The zero-order valence-electron chi connectivity index (χ0n) is 41.9. The highest BCUT2D eigenvalue weighted by atomic mass is 16.7. The minimum Gasteiger partial charge on any atom is -0.394 e. The maximum absolute atomic E-state index is 13.2. The molecule has 0 bridgehead atoms. The quantitative estimate of drug-likeness (QED) is 0.0211. The molecule has 2 aliphatic rings. The van der Waals surface area contributed by atoms with Gasteiger partial charge in [0.25, 0.3) is 0 Å². The molecule has 14 nitrogen and oxygen atoms in total. The number of carbonyl (C=O) groups excluding carboxylic acids is 1. The second-order valence-corrected chi connectivity index (χ2v) is 19.4. The Kier molecular flexibility index (Phi) is 36.9. The van der Waals surface area contributed by atoms with E-state index in [1.165, 1.54) is 109 Å². The van der Waals surface area contributed by atoms with E-state index in [1.807, 2.05) is 0 Å². The summed E-state index contributed by atoms with van der Waals surface area (Å²) in [5.74, 6) is -0.220. The first-order valence-electron chi connectivity index (χ1n) is 27.1. The summed E-state index contributed by atoms with van der Waals surface area (Å²) in [6.45, 7) is 2.81. The number of amides is 1. The Hall–Kier alpha value is -1.53. The lowest BCUT2D eigenvalue weighted by atomic mass is 9.97. The van der Waals surface area contributed by atoms with Crippen molar-refractivity contribution in [3.8, 4) is 0 Å². The lowest BCUT2D eigenvalue weighted by Gasteiger charge is -2.46. The molecule has 67 heavy (non-hydrogen) atoms. The van der Waals surface area contributed by atoms with Crippen LogP contribution in [0.4, 0.5) is 0 Å². The topological polar surface area (TPSA) is 228 Å². The average Bonchev–Trinajstić information content (AvgIpc) is 3.32. The van der Waals surface area contributed by atoms with Gasteiger partial charge in [-0.25, -0.2) is 0 Å². The molecule has 0 spiro atoms. The van der Waals surface area contributed by atoms with E-state index in [4.69, 9.17) is 18.9 Å². The maximum Gasteiger partial charge on any atom is 0.220 e. The van der Waals surface area contributed by atoms with Gasteiger partial charge in [-0.15, -0.1) is 0 Å². The van der Waals surface area contributed by atoms with Crippen LogP contribution in [0.2, 0.25) is 0 Å². The first-order chi connectivity index (χ1) is 32.6. The Morgan fingerprint density at radius 1 is 0.537 bits per heavy atom. The van der Waals surface area contributed by atoms with Gasteiger partial charge in [0.1, 0.15) is 48.8 Å². The molecule has 0 aromatic carbocycles. The molecule has 0 aromatic heterocycles. The van der Waals surface area contributed by atoms with Gasteiger partial charge in [-0.2, -0.15) is 0 Å². The lowest BCUT2D eigenvalue weighted by Crippen LogP contribution is -2.65. The molecule has 12 atom stereocenters. The average molecular weight is 958 g/mol. The number of unbranched alkanes of at least 4 members (excludes halogenated alkanes) is 25. The standard InChI is InChI=1S/C53H99NO13/c1-3-5-7-9-11-13-15-17-19-20-21-22-23-24-26-28-30-32-34-36-42(57)41(54-45(58)37-35-33-31-29-27-25-18-16-14-12-10-8-6-4-2)40-64-52-50(63)48(61)51(44(39-56)66-52)67-53-49(62)47(60)46(59)43(38-55)65-53/h10,12,16,18,41-44,46-53,55-57,59-63H,3-9,11,13-15,17,19-40H2,1-2H3,(H,54,58)/b12-10-,18-16-. The molecule has 1 amide bonds. The van der Waals surface area contributed by atoms with E-state index in [2.05, 4.69) is 43.5 Å². The van der Waals surface area contributed by atoms with Gasteiger partial charge >= 0.3 is 0 Å². The van der Waals surface area contributed by atoms with Crippen LogP contribution in [0, 0.1) is 0 Å². The monoisotopic (exact) mass is 958 g/mol. The molecule has 0 saturated carbocycles. The molecule has 0 radical (unpaired) electrons. The maximum atomic E-state index is 13.2. The fourth-order valence-corrected chi connectivity index (χ4v) is 8.96. The van der Waals surface area contributed by atoms with Crippen molar-refractivity contribution in [2.75, 3.05) is 19.8 Å². The molecule has 0 aromatic rings. The highest BCUT2D eigenvalue weighted by molar-refractivity contribution is 5.76. The van der Waals surface area contributed by atoms with Crippen LogP contribution in [0.15, 0.2) is 24.3 Å². The zero-order valence-corrected chi connectivity index (χ0v) is 41.9. The summed E-state index contributed by atoms with van der Waals surface area (Å²) < 4.78 is 22.8. The normalized spacial score (nSPS) is 26.7. The SMILES string of the molecule is CCCC/C=C\C/C=C\CCCCCCCC(=O)NC(COC1OC(CO)C(OC2OC(CO)C(O)C(O)C2O)C(O)C1O)C(O)CCCCCCCCCCCCCCCCCCCCC. The number of allylic oxidation sites excluding steroid dienone is 4. The number of hydrogen-bond acceptors (Lipinski definition) is 13. The van der Waals surface area contributed by atoms with Crippen molar-refractivity contribution in [3.05, 3.63) is 24.3 Å². The molecule has 2 fully saturated rings. The van der Waals surface area contributed by atoms with Crippen LogP contribution in [0.5, 0.6) is 0 Å². The molecule has 9 N–H and O–H groups in total. The van der Waals surface area contributed by atoms with Crippen LogP contribution in [-0.2, 0) is 23.7 Å². The predicted molar refractivity (Wildman–Crippen MR) is 263 cm³/mol. The third-order valence-corrected chi connectivity index (χ3v) is 13.4. The Bertz CT molecular complexity index is 1220. The van der Waals surface area contributed by atoms with Crippen LogP contribution >= 0.6 is 0 Å². The van der Waals surface area contributed by atoms with Gasteiger partial charge in [0.05, 0.1) is 32.0 Å². The van der Waals surface area contributed by atoms with Gasteiger partial charge in [0.15, 0.2) is 12.6 Å². The van der Waals surface area contributed by atoms with Gasteiger partial charge in [-0.1, -0.05) is 192 Å². The Morgan fingerprint density at radius 2 is 1.00 bits per heavy atom. The molecule has 2 rings (SSSR count). The summed E-state index contributed by atoms with van der Waals surface area (Å²) in [5.41, 5.74) is 0. The third kappa shape index (κ3) is 27.0. The third-order valence-electron chi connectivity index (χ3n) is 13.4.